The minimum absolute atomic E-state index is 0.0309. The summed E-state index contributed by atoms with van der Waals surface area (Å²) in [5, 5.41) is 9.89. The van der Waals surface area contributed by atoms with Crippen molar-refractivity contribution in [2.75, 3.05) is 21.1 Å². The van der Waals surface area contributed by atoms with Gasteiger partial charge in [0, 0.05) is 19.2 Å². The molecule has 0 aromatic carbocycles. The minimum Gasteiger partial charge on any atom is -0.391 e. The topological polar surface area (TPSA) is 36.1 Å². The summed E-state index contributed by atoms with van der Waals surface area (Å²) in [5.74, 6) is 0. The Balaban J connectivity index is 2.94. The Kier molecular flexibility index (Phi) is 4.15. The number of allylic oxidation sites excluding steroid dienone is 2. The zero-order valence-electron chi connectivity index (χ0n) is 9.78. The lowest BCUT2D eigenvalue weighted by atomic mass is 9.86. The monoisotopic (exact) mass is 206 g/mol. The smallest absolute Gasteiger partial charge is 0.0744 e. The van der Waals surface area contributed by atoms with Crippen LogP contribution in [0.15, 0.2) is 29.7 Å². The molecule has 3 nitrogen and oxygen atoms in total. The van der Waals surface area contributed by atoms with Crippen LogP contribution < -0.4 is 16.0 Å². The Morgan fingerprint density at radius 1 is 1.40 bits per heavy atom. The van der Waals surface area contributed by atoms with Crippen molar-refractivity contribution >= 4 is 0 Å². The van der Waals surface area contributed by atoms with Gasteiger partial charge < -0.3 is 16.0 Å². The zero-order valence-corrected chi connectivity index (χ0v) is 9.78. The highest BCUT2D eigenvalue weighted by Crippen LogP contribution is 2.28. The van der Waals surface area contributed by atoms with Crippen LogP contribution in [0, 0.1) is 6.42 Å². The van der Waals surface area contributed by atoms with Crippen molar-refractivity contribution in [3.8, 4) is 0 Å². The molecule has 3 heteroatoms. The van der Waals surface area contributed by atoms with Crippen LogP contribution in [-0.4, -0.2) is 26.8 Å². The number of rotatable bonds is 4. The first kappa shape index (κ1) is 12.1. The molecule has 83 valence electrons. The van der Waals surface area contributed by atoms with Crippen molar-refractivity contribution in [2.24, 2.45) is 0 Å². The Hall–Kier alpha value is -1.02. The average molecular weight is 206 g/mol. The molecular formula is C12H20N3. The molecule has 0 fully saturated rings. The van der Waals surface area contributed by atoms with Gasteiger partial charge in [-0.3, -0.25) is 0 Å². The van der Waals surface area contributed by atoms with Gasteiger partial charge in [0.05, 0.1) is 5.66 Å². The van der Waals surface area contributed by atoms with Crippen molar-refractivity contribution in [1.29, 1.82) is 0 Å². The van der Waals surface area contributed by atoms with E-state index >= 15 is 0 Å². The summed E-state index contributed by atoms with van der Waals surface area (Å²) in [5.41, 5.74) is 5.19. The SMILES string of the molecule is C=C=CC1=C(NC)CC(NC)(NC)C[CH]1. The van der Waals surface area contributed by atoms with Crippen LogP contribution in [-0.2, 0) is 0 Å². The molecule has 0 amide bonds. The molecule has 1 aliphatic carbocycles. The van der Waals surface area contributed by atoms with Crippen LogP contribution in [0.4, 0.5) is 0 Å². The molecule has 0 saturated carbocycles. The summed E-state index contributed by atoms with van der Waals surface area (Å²) in [7, 11) is 5.90. The Morgan fingerprint density at radius 3 is 2.53 bits per heavy atom. The second-order valence-electron chi connectivity index (χ2n) is 3.70. The fraction of sp³-hybridized carbons (Fsp3) is 0.500. The molecule has 0 aromatic rings. The molecule has 0 unspecified atom stereocenters. The molecule has 0 heterocycles. The molecule has 1 radical (unpaired) electrons. The highest BCUT2D eigenvalue weighted by atomic mass is 15.2. The van der Waals surface area contributed by atoms with Crippen LogP contribution in [0.5, 0.6) is 0 Å². The van der Waals surface area contributed by atoms with Gasteiger partial charge in [-0.25, -0.2) is 0 Å². The van der Waals surface area contributed by atoms with E-state index in [9.17, 15) is 0 Å². The van der Waals surface area contributed by atoms with E-state index in [0.29, 0.717) is 0 Å². The van der Waals surface area contributed by atoms with Gasteiger partial charge in [0.1, 0.15) is 0 Å². The van der Waals surface area contributed by atoms with Crippen LogP contribution >= 0.6 is 0 Å². The quantitative estimate of drug-likeness (QED) is 0.473. The predicted molar refractivity (Wildman–Crippen MR) is 64.2 cm³/mol. The zero-order chi connectivity index (χ0) is 11.3. The van der Waals surface area contributed by atoms with Gasteiger partial charge in [0.2, 0.25) is 0 Å². The third-order valence-electron chi connectivity index (χ3n) is 3.01. The predicted octanol–water partition coefficient (Wildman–Crippen LogP) is 0.934. The van der Waals surface area contributed by atoms with E-state index < -0.39 is 0 Å². The fourth-order valence-corrected chi connectivity index (χ4v) is 1.88. The summed E-state index contributed by atoms with van der Waals surface area (Å²) in [6, 6.07) is 0. The van der Waals surface area contributed by atoms with Crippen LogP contribution in [0.2, 0.25) is 0 Å². The molecule has 1 rings (SSSR count). The van der Waals surface area contributed by atoms with Gasteiger partial charge >= 0.3 is 0 Å². The van der Waals surface area contributed by atoms with Gasteiger partial charge in [-0.05, 0) is 38.6 Å². The van der Waals surface area contributed by atoms with E-state index in [0.717, 1.165) is 12.8 Å². The average Bonchev–Trinajstić information content (AvgIpc) is 2.30. The van der Waals surface area contributed by atoms with Crippen molar-refractivity contribution < 1.29 is 0 Å². The first-order valence-electron chi connectivity index (χ1n) is 5.19. The Bertz CT molecular complexity index is 294. The summed E-state index contributed by atoms with van der Waals surface area (Å²) in [6.07, 6.45) is 6.00. The summed E-state index contributed by atoms with van der Waals surface area (Å²) in [6.45, 7) is 3.61. The van der Waals surface area contributed by atoms with Crippen LogP contribution in [0.3, 0.4) is 0 Å². The molecule has 15 heavy (non-hydrogen) atoms. The van der Waals surface area contributed by atoms with E-state index in [1.807, 2.05) is 27.2 Å². The van der Waals surface area contributed by atoms with Crippen molar-refractivity contribution in [3.63, 3.8) is 0 Å². The van der Waals surface area contributed by atoms with Gasteiger partial charge in [-0.15, -0.1) is 5.73 Å². The van der Waals surface area contributed by atoms with E-state index in [-0.39, 0.29) is 5.66 Å². The minimum atomic E-state index is -0.0309. The normalized spacial score (nSPS) is 19.7. The third kappa shape index (κ3) is 2.51. The Labute approximate surface area is 92.3 Å². The second kappa shape index (κ2) is 5.17. The maximum atomic E-state index is 3.61. The van der Waals surface area contributed by atoms with Gasteiger partial charge in [-0.2, -0.15) is 0 Å². The number of nitrogens with one attached hydrogen (secondary N) is 3. The van der Waals surface area contributed by atoms with Crippen molar-refractivity contribution in [3.05, 3.63) is 36.1 Å². The molecule has 0 aliphatic heterocycles. The van der Waals surface area contributed by atoms with Gasteiger partial charge in [0.15, 0.2) is 0 Å². The van der Waals surface area contributed by atoms with Crippen molar-refractivity contribution in [1.82, 2.24) is 16.0 Å². The van der Waals surface area contributed by atoms with Crippen LogP contribution in [0.1, 0.15) is 12.8 Å². The highest BCUT2D eigenvalue weighted by Gasteiger charge is 2.31. The van der Waals surface area contributed by atoms with Gasteiger partial charge in [0.25, 0.3) is 0 Å². The molecule has 0 bridgehead atoms. The first-order valence-corrected chi connectivity index (χ1v) is 5.19. The lowest BCUT2D eigenvalue weighted by molar-refractivity contribution is 0.276. The molecule has 0 aromatic heterocycles. The lowest BCUT2D eigenvalue weighted by Crippen LogP contribution is -2.56. The first-order chi connectivity index (χ1) is 7.21. The maximum Gasteiger partial charge on any atom is 0.0744 e. The summed E-state index contributed by atoms with van der Waals surface area (Å²) >= 11 is 0. The van der Waals surface area contributed by atoms with E-state index in [1.165, 1.54) is 11.3 Å². The van der Waals surface area contributed by atoms with Crippen molar-refractivity contribution in [2.45, 2.75) is 18.5 Å². The van der Waals surface area contributed by atoms with E-state index in [1.54, 1.807) is 0 Å². The van der Waals surface area contributed by atoms with E-state index in [2.05, 4.69) is 34.7 Å². The molecule has 3 N–H and O–H groups in total. The summed E-state index contributed by atoms with van der Waals surface area (Å²) < 4.78 is 0. The maximum absolute atomic E-state index is 3.61. The van der Waals surface area contributed by atoms with Gasteiger partial charge in [-0.1, -0.05) is 6.58 Å². The largest absolute Gasteiger partial charge is 0.391 e. The molecule has 0 saturated heterocycles. The number of hydrogen-bond donors (Lipinski definition) is 3. The molecular weight excluding hydrogens is 186 g/mol. The molecule has 0 spiro atoms. The summed E-state index contributed by atoms with van der Waals surface area (Å²) in [4.78, 5) is 0. The van der Waals surface area contributed by atoms with Crippen LogP contribution in [0.25, 0.3) is 0 Å². The highest BCUT2D eigenvalue weighted by molar-refractivity contribution is 5.36. The number of hydrogen-bond acceptors (Lipinski definition) is 3. The molecule has 1 aliphatic rings. The lowest BCUT2D eigenvalue weighted by Gasteiger charge is -2.38. The standard InChI is InChI=1S/C12H20N3/c1-5-6-10-7-8-12(14-3,15-4)9-11(10)13-2/h6-7,13-15H,1,8-9H2,2-4H3. The third-order valence-corrected chi connectivity index (χ3v) is 3.01. The fourth-order valence-electron chi connectivity index (χ4n) is 1.88. The Morgan fingerprint density at radius 2 is 2.07 bits per heavy atom. The molecule has 0 atom stereocenters. The second-order valence-corrected chi connectivity index (χ2v) is 3.70. The van der Waals surface area contributed by atoms with E-state index in [4.69, 9.17) is 0 Å².